The number of thiophene rings is 1. The van der Waals surface area contributed by atoms with Crippen molar-refractivity contribution < 1.29 is 9.59 Å². The second-order valence-electron chi connectivity index (χ2n) is 6.79. The van der Waals surface area contributed by atoms with E-state index in [0.29, 0.717) is 18.7 Å². The van der Waals surface area contributed by atoms with E-state index in [1.54, 1.807) is 24.5 Å². The highest BCUT2D eigenvalue weighted by molar-refractivity contribution is 7.23. The van der Waals surface area contributed by atoms with Crippen LogP contribution < -0.4 is 5.32 Å². The van der Waals surface area contributed by atoms with Crippen LogP contribution in [0, 0.1) is 0 Å². The van der Waals surface area contributed by atoms with Crippen molar-refractivity contribution in [3.05, 3.63) is 57.6 Å². The van der Waals surface area contributed by atoms with E-state index in [9.17, 15) is 9.59 Å². The maximum Gasteiger partial charge on any atom is 0.253 e. The highest BCUT2D eigenvalue weighted by Gasteiger charge is 2.24. The first-order chi connectivity index (χ1) is 14.1. The lowest BCUT2D eigenvalue weighted by Gasteiger charge is -2.32. The van der Waals surface area contributed by atoms with Gasteiger partial charge in [-0.25, -0.2) is 4.98 Å². The Labute approximate surface area is 181 Å². The summed E-state index contributed by atoms with van der Waals surface area (Å²) >= 11 is 8.98. The van der Waals surface area contributed by atoms with Gasteiger partial charge in [-0.05, 0) is 37.1 Å². The maximum absolute atomic E-state index is 12.5. The summed E-state index contributed by atoms with van der Waals surface area (Å²) in [5.41, 5.74) is 1.41. The number of carbonyl (C=O) groups is 2. The Morgan fingerprint density at radius 3 is 2.62 bits per heavy atom. The van der Waals surface area contributed by atoms with Gasteiger partial charge in [-0.1, -0.05) is 11.6 Å². The summed E-state index contributed by atoms with van der Waals surface area (Å²) < 4.78 is 0.725. The standard InChI is InChI=1S/C20H19ClN4O2S2/c21-17-2-1-16(29-17)19-24-15(12-28-19)11-18(26)23-14-5-9-25(10-6-14)20(27)13-3-7-22-8-4-13/h1-4,7-8,12,14H,5-6,9-11H2,(H,23,26). The smallest absolute Gasteiger partial charge is 0.253 e. The fourth-order valence-electron chi connectivity index (χ4n) is 3.28. The second-order valence-corrected chi connectivity index (χ2v) is 9.37. The van der Waals surface area contributed by atoms with Gasteiger partial charge < -0.3 is 10.2 Å². The molecule has 3 aromatic heterocycles. The van der Waals surface area contributed by atoms with Crippen LogP contribution in [0.2, 0.25) is 4.34 Å². The average molecular weight is 447 g/mol. The van der Waals surface area contributed by atoms with Crippen LogP contribution in [-0.2, 0) is 11.2 Å². The molecule has 0 radical (unpaired) electrons. The van der Waals surface area contributed by atoms with Gasteiger partial charge >= 0.3 is 0 Å². The number of aromatic nitrogens is 2. The van der Waals surface area contributed by atoms with Gasteiger partial charge in [-0.2, -0.15) is 0 Å². The van der Waals surface area contributed by atoms with Gasteiger partial charge in [-0.15, -0.1) is 22.7 Å². The molecule has 6 nitrogen and oxygen atoms in total. The minimum absolute atomic E-state index is 0.0147. The van der Waals surface area contributed by atoms with Gasteiger partial charge in [-0.3, -0.25) is 14.6 Å². The van der Waals surface area contributed by atoms with Crippen molar-refractivity contribution in [2.75, 3.05) is 13.1 Å². The Morgan fingerprint density at radius 1 is 1.17 bits per heavy atom. The minimum atomic E-state index is -0.0371. The lowest BCUT2D eigenvalue weighted by molar-refractivity contribution is -0.121. The molecule has 0 atom stereocenters. The van der Waals surface area contributed by atoms with Gasteiger partial charge in [0.15, 0.2) is 0 Å². The molecule has 1 saturated heterocycles. The number of pyridine rings is 1. The summed E-state index contributed by atoms with van der Waals surface area (Å²) in [6.45, 7) is 1.26. The van der Waals surface area contributed by atoms with Crippen molar-refractivity contribution in [3.8, 4) is 9.88 Å². The zero-order chi connectivity index (χ0) is 20.2. The van der Waals surface area contributed by atoms with Gasteiger partial charge in [0.25, 0.3) is 5.91 Å². The molecule has 1 fully saturated rings. The third kappa shape index (κ3) is 5.01. The molecule has 3 aromatic rings. The zero-order valence-corrected chi connectivity index (χ0v) is 17.9. The third-order valence-electron chi connectivity index (χ3n) is 4.75. The van der Waals surface area contributed by atoms with Crippen molar-refractivity contribution in [2.24, 2.45) is 0 Å². The van der Waals surface area contributed by atoms with E-state index in [-0.39, 0.29) is 24.3 Å². The van der Waals surface area contributed by atoms with Crippen molar-refractivity contribution in [1.29, 1.82) is 0 Å². The third-order valence-corrected chi connectivity index (χ3v) is 7.04. The molecule has 1 N–H and O–H groups in total. The largest absolute Gasteiger partial charge is 0.353 e. The SMILES string of the molecule is O=C(Cc1csc(-c2ccc(Cl)s2)n1)NC1CCN(C(=O)c2ccncc2)CC1. The van der Waals surface area contributed by atoms with Crippen molar-refractivity contribution in [2.45, 2.75) is 25.3 Å². The molecule has 150 valence electrons. The number of halogens is 1. The molecular formula is C20H19ClN4O2S2. The molecule has 0 unspecified atom stereocenters. The number of likely N-dealkylation sites (tertiary alicyclic amines) is 1. The van der Waals surface area contributed by atoms with E-state index in [1.807, 2.05) is 22.4 Å². The molecule has 4 heterocycles. The van der Waals surface area contributed by atoms with E-state index < -0.39 is 0 Å². The summed E-state index contributed by atoms with van der Waals surface area (Å²) in [7, 11) is 0. The quantitative estimate of drug-likeness (QED) is 0.645. The monoisotopic (exact) mass is 446 g/mol. The van der Waals surface area contributed by atoms with Crippen LogP contribution in [0.3, 0.4) is 0 Å². The molecule has 0 spiro atoms. The summed E-state index contributed by atoms with van der Waals surface area (Å²) in [4.78, 5) is 36.2. The Morgan fingerprint density at radius 2 is 1.93 bits per heavy atom. The molecule has 0 aromatic carbocycles. The summed E-state index contributed by atoms with van der Waals surface area (Å²) in [5.74, 6) is -0.0224. The topological polar surface area (TPSA) is 75.2 Å². The number of amides is 2. The first-order valence-corrected chi connectivity index (χ1v) is 11.3. The summed E-state index contributed by atoms with van der Waals surface area (Å²) in [5, 5.41) is 5.88. The fourth-order valence-corrected chi connectivity index (χ4v) is 5.21. The molecular weight excluding hydrogens is 428 g/mol. The molecule has 4 rings (SSSR count). The maximum atomic E-state index is 12.5. The number of nitrogens with one attached hydrogen (secondary N) is 1. The first kappa shape index (κ1) is 20.0. The molecule has 29 heavy (non-hydrogen) atoms. The highest BCUT2D eigenvalue weighted by atomic mass is 35.5. The van der Waals surface area contributed by atoms with Crippen molar-refractivity contribution >= 4 is 46.1 Å². The van der Waals surface area contributed by atoms with Crippen LogP contribution in [0.25, 0.3) is 9.88 Å². The highest BCUT2D eigenvalue weighted by Crippen LogP contribution is 2.33. The molecule has 1 aliphatic heterocycles. The number of piperidine rings is 1. The van der Waals surface area contributed by atoms with Crippen LogP contribution in [0.5, 0.6) is 0 Å². The van der Waals surface area contributed by atoms with Gasteiger partial charge in [0.05, 0.1) is 21.3 Å². The molecule has 2 amide bonds. The lowest BCUT2D eigenvalue weighted by atomic mass is 10.0. The number of hydrogen-bond acceptors (Lipinski definition) is 6. The molecule has 0 saturated carbocycles. The second kappa shape index (κ2) is 9.02. The number of thiazole rings is 1. The number of rotatable bonds is 5. The lowest BCUT2D eigenvalue weighted by Crippen LogP contribution is -2.46. The average Bonchev–Trinajstić information content (AvgIpc) is 3.37. The predicted molar refractivity (Wildman–Crippen MR) is 115 cm³/mol. The van der Waals surface area contributed by atoms with Crippen molar-refractivity contribution in [1.82, 2.24) is 20.2 Å². The summed E-state index contributed by atoms with van der Waals surface area (Å²) in [6.07, 6.45) is 5.00. The van der Waals surface area contributed by atoms with E-state index in [1.165, 1.54) is 22.7 Å². The van der Waals surface area contributed by atoms with E-state index in [2.05, 4.69) is 15.3 Å². The Bertz CT molecular complexity index is 997. The molecule has 0 aliphatic carbocycles. The van der Waals surface area contributed by atoms with Crippen molar-refractivity contribution in [3.63, 3.8) is 0 Å². The molecule has 1 aliphatic rings. The summed E-state index contributed by atoms with van der Waals surface area (Å²) in [6, 6.07) is 7.32. The van der Waals surface area contributed by atoms with Crippen LogP contribution in [0.1, 0.15) is 28.9 Å². The number of carbonyl (C=O) groups excluding carboxylic acids is 2. The minimum Gasteiger partial charge on any atom is -0.353 e. The Balaban J connectivity index is 1.26. The first-order valence-electron chi connectivity index (χ1n) is 9.27. The molecule has 0 bridgehead atoms. The van der Waals surface area contributed by atoms with E-state index >= 15 is 0 Å². The Hall–Kier alpha value is -2.29. The zero-order valence-electron chi connectivity index (χ0n) is 15.5. The van der Waals surface area contributed by atoms with Crippen LogP contribution >= 0.6 is 34.3 Å². The predicted octanol–water partition coefficient (Wildman–Crippen LogP) is 3.88. The van der Waals surface area contributed by atoms with Gasteiger partial charge in [0.1, 0.15) is 5.01 Å². The fraction of sp³-hybridized carbons (Fsp3) is 0.300. The van der Waals surface area contributed by atoms with Gasteiger partial charge in [0, 0.05) is 42.5 Å². The molecule has 9 heteroatoms. The number of hydrogen-bond donors (Lipinski definition) is 1. The van der Waals surface area contributed by atoms with Crippen LogP contribution in [0.15, 0.2) is 42.0 Å². The number of nitrogens with zero attached hydrogens (tertiary/aromatic N) is 3. The normalized spacial score (nSPS) is 14.7. The van der Waals surface area contributed by atoms with Gasteiger partial charge in [0.2, 0.25) is 5.91 Å². The van der Waals surface area contributed by atoms with E-state index in [0.717, 1.165) is 32.8 Å². The van der Waals surface area contributed by atoms with Crippen LogP contribution in [-0.4, -0.2) is 45.8 Å². The Kier molecular flexibility index (Phi) is 6.22. The van der Waals surface area contributed by atoms with Crippen LogP contribution in [0.4, 0.5) is 0 Å². The van der Waals surface area contributed by atoms with E-state index in [4.69, 9.17) is 11.6 Å².